The lowest BCUT2D eigenvalue weighted by Crippen LogP contribution is -2.39. The van der Waals surface area contributed by atoms with Crippen LogP contribution in [0.3, 0.4) is 0 Å². The number of hydrogen-bond acceptors (Lipinski definition) is 3. The second kappa shape index (κ2) is 4.81. The number of rotatable bonds is 5. The van der Waals surface area contributed by atoms with Crippen molar-refractivity contribution in [1.29, 1.82) is 0 Å². The number of hydrogen-bond donors (Lipinski definition) is 1. The Labute approximate surface area is 92.2 Å². The summed E-state index contributed by atoms with van der Waals surface area (Å²) in [5.74, 6) is 0.986. The molecule has 0 aliphatic heterocycles. The van der Waals surface area contributed by atoms with Gasteiger partial charge in [-0.3, -0.25) is 4.90 Å². The number of nitrogens with two attached hydrogens (primary N) is 1. The predicted octanol–water partition coefficient (Wildman–Crippen LogP) is 2.36. The molecule has 3 heteroatoms. The van der Waals surface area contributed by atoms with E-state index < -0.39 is 0 Å². The number of nitrogens with zero attached hydrogens (tertiary/aromatic N) is 1. The molecule has 0 radical (unpaired) electrons. The molecule has 0 saturated heterocycles. The molecule has 1 aromatic rings. The van der Waals surface area contributed by atoms with Gasteiger partial charge in [-0.25, -0.2) is 0 Å². The van der Waals surface area contributed by atoms with E-state index in [2.05, 4.69) is 32.7 Å². The van der Waals surface area contributed by atoms with Crippen molar-refractivity contribution in [3.63, 3.8) is 0 Å². The Balaban J connectivity index is 2.61. The molecule has 0 aliphatic carbocycles. The van der Waals surface area contributed by atoms with Crippen molar-refractivity contribution in [2.24, 2.45) is 5.73 Å². The molecule has 3 nitrogen and oxygen atoms in total. The molecule has 0 fully saturated rings. The molecule has 0 amide bonds. The fourth-order valence-electron chi connectivity index (χ4n) is 1.33. The van der Waals surface area contributed by atoms with Crippen LogP contribution in [-0.4, -0.2) is 17.5 Å². The first-order valence-corrected chi connectivity index (χ1v) is 5.47. The van der Waals surface area contributed by atoms with Crippen LogP contribution in [0.5, 0.6) is 0 Å². The van der Waals surface area contributed by atoms with Gasteiger partial charge >= 0.3 is 0 Å². The van der Waals surface area contributed by atoms with E-state index in [1.165, 1.54) is 0 Å². The lowest BCUT2D eigenvalue weighted by Gasteiger charge is -2.34. The fraction of sp³-hybridized carbons (Fsp3) is 0.667. The van der Waals surface area contributed by atoms with Crippen molar-refractivity contribution in [1.82, 2.24) is 4.90 Å². The topological polar surface area (TPSA) is 42.4 Å². The third-order valence-corrected chi connectivity index (χ3v) is 3.24. The Bertz CT molecular complexity index is 304. The van der Waals surface area contributed by atoms with Crippen LogP contribution in [0.2, 0.25) is 0 Å². The first kappa shape index (κ1) is 12.3. The van der Waals surface area contributed by atoms with Crippen LogP contribution < -0.4 is 5.73 Å². The van der Waals surface area contributed by atoms with Gasteiger partial charge in [0.25, 0.3) is 0 Å². The van der Waals surface area contributed by atoms with Gasteiger partial charge in [0.1, 0.15) is 5.76 Å². The Hall–Kier alpha value is -0.800. The predicted molar refractivity (Wildman–Crippen MR) is 62.4 cm³/mol. The zero-order chi connectivity index (χ0) is 11.5. The summed E-state index contributed by atoms with van der Waals surface area (Å²) >= 11 is 0. The van der Waals surface area contributed by atoms with Crippen molar-refractivity contribution in [3.8, 4) is 0 Å². The molecule has 15 heavy (non-hydrogen) atoms. The third-order valence-electron chi connectivity index (χ3n) is 3.24. The summed E-state index contributed by atoms with van der Waals surface area (Å²) in [4.78, 5) is 2.30. The van der Waals surface area contributed by atoms with Crippen LogP contribution in [0.4, 0.5) is 0 Å². The minimum absolute atomic E-state index is 0.204. The quantitative estimate of drug-likeness (QED) is 0.811. The van der Waals surface area contributed by atoms with Crippen LogP contribution in [0.15, 0.2) is 16.7 Å². The Kier molecular flexibility index (Phi) is 3.94. The molecule has 0 aliphatic rings. The molecule has 0 atom stereocenters. The standard InChI is InChI=1S/C12H22N2O/c1-5-12(2,3)14(4)8-11-6-10(7-13)9-15-11/h6,9H,5,7-8,13H2,1-4H3. The van der Waals surface area contributed by atoms with Crippen LogP contribution in [0, 0.1) is 0 Å². The Morgan fingerprint density at radius 3 is 2.60 bits per heavy atom. The summed E-state index contributed by atoms with van der Waals surface area (Å²) in [6, 6.07) is 2.03. The van der Waals surface area contributed by atoms with E-state index in [9.17, 15) is 0 Å². The normalized spacial score (nSPS) is 12.4. The molecule has 2 N–H and O–H groups in total. The summed E-state index contributed by atoms with van der Waals surface area (Å²) in [5.41, 5.74) is 6.80. The van der Waals surface area contributed by atoms with E-state index in [0.29, 0.717) is 6.54 Å². The van der Waals surface area contributed by atoms with E-state index in [-0.39, 0.29) is 5.54 Å². The highest BCUT2D eigenvalue weighted by atomic mass is 16.3. The highest BCUT2D eigenvalue weighted by Gasteiger charge is 2.21. The van der Waals surface area contributed by atoms with Gasteiger partial charge in [-0.05, 0) is 33.4 Å². The van der Waals surface area contributed by atoms with E-state index in [4.69, 9.17) is 10.2 Å². The molecule has 1 heterocycles. The Morgan fingerprint density at radius 1 is 1.47 bits per heavy atom. The van der Waals surface area contributed by atoms with Crippen molar-refractivity contribution in [2.45, 2.75) is 45.8 Å². The molecule has 0 saturated carbocycles. The maximum absolute atomic E-state index is 5.53. The van der Waals surface area contributed by atoms with Crippen molar-refractivity contribution in [2.75, 3.05) is 7.05 Å². The first-order chi connectivity index (χ1) is 6.99. The van der Waals surface area contributed by atoms with Gasteiger partial charge in [0.15, 0.2) is 0 Å². The molecule has 0 aromatic carbocycles. The highest BCUT2D eigenvalue weighted by molar-refractivity contribution is 5.12. The second-order valence-corrected chi connectivity index (χ2v) is 4.65. The molecule has 0 spiro atoms. The van der Waals surface area contributed by atoms with Gasteiger partial charge in [-0.15, -0.1) is 0 Å². The van der Waals surface area contributed by atoms with Crippen LogP contribution in [0.25, 0.3) is 0 Å². The van der Waals surface area contributed by atoms with E-state index in [1.807, 2.05) is 6.07 Å². The maximum Gasteiger partial charge on any atom is 0.118 e. The SMILES string of the molecule is CCC(C)(C)N(C)Cc1cc(CN)co1. The van der Waals surface area contributed by atoms with Gasteiger partial charge in [0, 0.05) is 17.6 Å². The van der Waals surface area contributed by atoms with Crippen LogP contribution in [-0.2, 0) is 13.1 Å². The summed E-state index contributed by atoms with van der Waals surface area (Å²) in [7, 11) is 2.12. The molecular formula is C12H22N2O. The van der Waals surface area contributed by atoms with Crippen molar-refractivity contribution in [3.05, 3.63) is 23.7 Å². The molecule has 0 bridgehead atoms. The molecular weight excluding hydrogens is 188 g/mol. The second-order valence-electron chi connectivity index (χ2n) is 4.65. The van der Waals surface area contributed by atoms with Gasteiger partial charge in [-0.2, -0.15) is 0 Å². The van der Waals surface area contributed by atoms with E-state index in [1.54, 1.807) is 6.26 Å². The van der Waals surface area contributed by atoms with Crippen LogP contribution >= 0.6 is 0 Å². The smallest absolute Gasteiger partial charge is 0.118 e. The summed E-state index contributed by atoms with van der Waals surface area (Å²) in [6.07, 6.45) is 2.86. The van der Waals surface area contributed by atoms with E-state index >= 15 is 0 Å². The molecule has 1 aromatic heterocycles. The monoisotopic (exact) mass is 210 g/mol. The van der Waals surface area contributed by atoms with Crippen molar-refractivity contribution >= 4 is 0 Å². The van der Waals surface area contributed by atoms with Gasteiger partial charge < -0.3 is 10.2 Å². The average Bonchev–Trinajstić information content (AvgIpc) is 2.65. The zero-order valence-corrected chi connectivity index (χ0v) is 10.2. The molecule has 0 unspecified atom stereocenters. The minimum atomic E-state index is 0.204. The fourth-order valence-corrected chi connectivity index (χ4v) is 1.33. The average molecular weight is 210 g/mol. The van der Waals surface area contributed by atoms with Crippen LogP contribution in [0.1, 0.15) is 38.5 Å². The third kappa shape index (κ3) is 3.08. The van der Waals surface area contributed by atoms with Gasteiger partial charge in [0.2, 0.25) is 0 Å². The maximum atomic E-state index is 5.53. The highest BCUT2D eigenvalue weighted by Crippen LogP contribution is 2.19. The molecule has 86 valence electrons. The molecule has 1 rings (SSSR count). The lowest BCUT2D eigenvalue weighted by atomic mass is 10.00. The van der Waals surface area contributed by atoms with Gasteiger partial charge in [-0.1, -0.05) is 6.92 Å². The zero-order valence-electron chi connectivity index (χ0n) is 10.2. The van der Waals surface area contributed by atoms with E-state index in [0.717, 1.165) is 24.3 Å². The summed E-state index contributed by atoms with van der Waals surface area (Å²) < 4.78 is 5.44. The summed E-state index contributed by atoms with van der Waals surface area (Å²) in [5, 5.41) is 0. The first-order valence-electron chi connectivity index (χ1n) is 5.47. The summed E-state index contributed by atoms with van der Waals surface area (Å²) in [6.45, 7) is 8.05. The van der Waals surface area contributed by atoms with Gasteiger partial charge in [0.05, 0.1) is 12.8 Å². The largest absolute Gasteiger partial charge is 0.468 e. The Morgan fingerprint density at radius 2 is 2.13 bits per heavy atom. The minimum Gasteiger partial charge on any atom is -0.468 e. The lowest BCUT2D eigenvalue weighted by molar-refractivity contribution is 0.133. The van der Waals surface area contributed by atoms with Crippen molar-refractivity contribution < 1.29 is 4.42 Å². The number of furan rings is 1.